The first-order valence-corrected chi connectivity index (χ1v) is 7.25. The molecule has 0 aliphatic heterocycles. The van der Waals surface area contributed by atoms with Crippen molar-refractivity contribution in [3.05, 3.63) is 34.2 Å². The van der Waals surface area contributed by atoms with Gasteiger partial charge in [-0.3, -0.25) is 0 Å². The number of anilines is 1. The summed E-state index contributed by atoms with van der Waals surface area (Å²) in [6.45, 7) is 1.98. The Labute approximate surface area is 119 Å². The predicted molar refractivity (Wildman–Crippen MR) is 74.9 cm³/mol. The number of hydrogen-bond acceptors (Lipinski definition) is 6. The van der Waals surface area contributed by atoms with Gasteiger partial charge >= 0.3 is 5.97 Å². The van der Waals surface area contributed by atoms with Crippen LogP contribution in [0.4, 0.5) is 5.82 Å². The average molecular weight is 290 g/mol. The molecule has 2 N–H and O–H groups in total. The molecule has 6 nitrogen and oxygen atoms in total. The second kappa shape index (κ2) is 5.16. The van der Waals surface area contributed by atoms with Gasteiger partial charge in [-0.05, 0) is 25.7 Å². The van der Waals surface area contributed by atoms with Crippen molar-refractivity contribution in [2.75, 3.05) is 5.32 Å². The van der Waals surface area contributed by atoms with Crippen molar-refractivity contribution < 1.29 is 9.90 Å². The zero-order valence-corrected chi connectivity index (χ0v) is 11.7. The highest BCUT2D eigenvalue weighted by molar-refractivity contribution is 7.09. The standard InChI is InChI=1S/C13H14N4O2S/c1-7-6-20-12(16-7)11(8-2-3-8)17-10-5-14-9(4-15-10)13(18)19/h4-6,8,11H,2-3H2,1H3,(H,15,17)(H,18,19). The molecular formula is C13H14N4O2S. The van der Waals surface area contributed by atoms with Crippen molar-refractivity contribution in [3.8, 4) is 0 Å². The van der Waals surface area contributed by atoms with Gasteiger partial charge in [0.15, 0.2) is 5.69 Å². The van der Waals surface area contributed by atoms with E-state index in [1.165, 1.54) is 25.2 Å². The van der Waals surface area contributed by atoms with E-state index in [9.17, 15) is 4.79 Å². The maximum Gasteiger partial charge on any atom is 0.356 e. The molecule has 1 saturated carbocycles. The highest BCUT2D eigenvalue weighted by atomic mass is 32.1. The Kier molecular flexibility index (Phi) is 3.35. The van der Waals surface area contributed by atoms with E-state index in [-0.39, 0.29) is 11.7 Å². The van der Waals surface area contributed by atoms with Gasteiger partial charge in [-0.1, -0.05) is 0 Å². The predicted octanol–water partition coefficient (Wildman–Crippen LogP) is 2.50. The third-order valence-corrected chi connectivity index (χ3v) is 4.22. The molecule has 7 heteroatoms. The van der Waals surface area contributed by atoms with Gasteiger partial charge in [-0.15, -0.1) is 11.3 Å². The van der Waals surface area contributed by atoms with Crippen LogP contribution in [0.2, 0.25) is 0 Å². The third kappa shape index (κ3) is 2.77. The molecule has 0 saturated heterocycles. The molecule has 0 spiro atoms. The molecule has 0 amide bonds. The van der Waals surface area contributed by atoms with Crippen molar-refractivity contribution in [2.45, 2.75) is 25.8 Å². The normalized spacial score (nSPS) is 15.8. The van der Waals surface area contributed by atoms with Gasteiger partial charge < -0.3 is 10.4 Å². The number of aromatic carboxylic acids is 1. The van der Waals surface area contributed by atoms with E-state index in [4.69, 9.17) is 5.11 Å². The molecule has 20 heavy (non-hydrogen) atoms. The number of carboxylic acid groups (broad SMARTS) is 1. The average Bonchev–Trinajstić information content (AvgIpc) is 3.18. The number of carbonyl (C=O) groups is 1. The summed E-state index contributed by atoms with van der Waals surface area (Å²) >= 11 is 1.64. The van der Waals surface area contributed by atoms with Crippen LogP contribution in [0.25, 0.3) is 0 Å². The summed E-state index contributed by atoms with van der Waals surface area (Å²) < 4.78 is 0. The molecule has 0 bridgehead atoms. The number of nitrogens with one attached hydrogen (secondary N) is 1. The molecule has 2 heterocycles. The summed E-state index contributed by atoms with van der Waals surface area (Å²) in [6.07, 6.45) is 5.08. The summed E-state index contributed by atoms with van der Waals surface area (Å²) in [7, 11) is 0. The van der Waals surface area contributed by atoms with Gasteiger partial charge in [-0.2, -0.15) is 0 Å². The lowest BCUT2D eigenvalue weighted by atomic mass is 10.2. The van der Waals surface area contributed by atoms with Gasteiger partial charge in [0.25, 0.3) is 0 Å². The second-order valence-electron chi connectivity index (χ2n) is 4.88. The smallest absolute Gasteiger partial charge is 0.356 e. The largest absolute Gasteiger partial charge is 0.476 e. The number of nitrogens with zero attached hydrogens (tertiary/aromatic N) is 3. The SMILES string of the molecule is Cc1csc(C(Nc2cnc(C(=O)O)cn2)C2CC2)n1. The number of thiazole rings is 1. The zero-order valence-electron chi connectivity index (χ0n) is 10.9. The van der Waals surface area contributed by atoms with Gasteiger partial charge in [0, 0.05) is 11.1 Å². The van der Waals surface area contributed by atoms with Crippen molar-refractivity contribution >= 4 is 23.1 Å². The molecule has 104 valence electrons. The Morgan fingerprint density at radius 3 is 2.75 bits per heavy atom. The van der Waals surface area contributed by atoms with Gasteiger partial charge in [0.1, 0.15) is 10.8 Å². The summed E-state index contributed by atoms with van der Waals surface area (Å²) in [5, 5.41) is 15.2. The van der Waals surface area contributed by atoms with Gasteiger partial charge in [-0.25, -0.2) is 19.7 Å². The second-order valence-corrected chi connectivity index (χ2v) is 5.77. The van der Waals surface area contributed by atoms with E-state index >= 15 is 0 Å². The number of rotatable bonds is 5. The minimum absolute atomic E-state index is 0.0522. The van der Waals surface area contributed by atoms with Crippen LogP contribution >= 0.6 is 11.3 Å². The van der Waals surface area contributed by atoms with Gasteiger partial charge in [0.05, 0.1) is 18.4 Å². The molecule has 0 radical (unpaired) electrons. The Bertz CT molecular complexity index is 622. The number of carboxylic acids is 1. The third-order valence-electron chi connectivity index (χ3n) is 3.17. The van der Waals surface area contributed by atoms with Crippen molar-refractivity contribution in [1.82, 2.24) is 15.0 Å². The zero-order chi connectivity index (χ0) is 14.1. The maximum atomic E-state index is 10.7. The Hall–Kier alpha value is -2.02. The lowest BCUT2D eigenvalue weighted by molar-refractivity contribution is 0.0690. The summed E-state index contributed by atoms with van der Waals surface area (Å²) in [4.78, 5) is 23.2. The molecule has 1 aliphatic carbocycles. The molecular weight excluding hydrogens is 276 g/mol. The first kappa shape index (κ1) is 13.0. The van der Waals surface area contributed by atoms with Crippen LogP contribution in [0.5, 0.6) is 0 Å². The topological polar surface area (TPSA) is 88.0 Å². The first-order valence-electron chi connectivity index (χ1n) is 6.37. The molecule has 3 rings (SSSR count). The van der Waals surface area contributed by atoms with Crippen molar-refractivity contribution in [3.63, 3.8) is 0 Å². The van der Waals surface area contributed by atoms with Crippen LogP contribution in [-0.4, -0.2) is 26.0 Å². The Balaban J connectivity index is 1.78. The highest BCUT2D eigenvalue weighted by Gasteiger charge is 2.34. The van der Waals surface area contributed by atoms with Gasteiger partial charge in [0.2, 0.25) is 0 Å². The molecule has 0 aromatic carbocycles. The highest BCUT2D eigenvalue weighted by Crippen LogP contribution is 2.43. The molecule has 1 atom stereocenters. The van der Waals surface area contributed by atoms with Crippen LogP contribution in [0.3, 0.4) is 0 Å². The van der Waals surface area contributed by atoms with E-state index in [2.05, 4.69) is 20.3 Å². The number of hydrogen-bond donors (Lipinski definition) is 2. The van der Waals surface area contributed by atoms with Crippen molar-refractivity contribution in [1.29, 1.82) is 0 Å². The van der Waals surface area contributed by atoms with Crippen LogP contribution in [-0.2, 0) is 0 Å². The minimum Gasteiger partial charge on any atom is -0.476 e. The van der Waals surface area contributed by atoms with Crippen LogP contribution < -0.4 is 5.32 Å². The fraction of sp³-hybridized carbons (Fsp3) is 0.385. The van der Waals surface area contributed by atoms with Crippen LogP contribution in [0.15, 0.2) is 17.8 Å². The molecule has 2 aromatic heterocycles. The van der Waals surface area contributed by atoms with Crippen LogP contribution in [0, 0.1) is 12.8 Å². The summed E-state index contributed by atoms with van der Waals surface area (Å²) in [5.41, 5.74) is 0.966. The summed E-state index contributed by atoms with van der Waals surface area (Å²) in [6, 6.07) is 0.138. The Morgan fingerprint density at radius 2 is 2.25 bits per heavy atom. The first-order chi connectivity index (χ1) is 9.63. The number of aryl methyl sites for hydroxylation is 1. The summed E-state index contributed by atoms with van der Waals surface area (Å²) in [5.74, 6) is 0.0830. The monoisotopic (exact) mass is 290 g/mol. The minimum atomic E-state index is -1.07. The molecule has 1 fully saturated rings. The van der Waals surface area contributed by atoms with E-state index in [1.54, 1.807) is 11.3 Å². The number of aromatic nitrogens is 3. The van der Waals surface area contributed by atoms with Crippen molar-refractivity contribution in [2.24, 2.45) is 5.92 Å². The quantitative estimate of drug-likeness (QED) is 0.879. The molecule has 2 aromatic rings. The maximum absolute atomic E-state index is 10.7. The van der Waals surface area contributed by atoms with E-state index in [0.29, 0.717) is 11.7 Å². The molecule has 1 aliphatic rings. The van der Waals surface area contributed by atoms with Crippen LogP contribution in [0.1, 0.15) is 40.1 Å². The Morgan fingerprint density at radius 1 is 1.45 bits per heavy atom. The van der Waals surface area contributed by atoms with E-state index in [0.717, 1.165) is 10.7 Å². The van der Waals surface area contributed by atoms with E-state index in [1.807, 2.05) is 12.3 Å². The lowest BCUT2D eigenvalue weighted by Crippen LogP contribution is -2.14. The lowest BCUT2D eigenvalue weighted by Gasteiger charge is -2.16. The fourth-order valence-electron chi connectivity index (χ4n) is 2.00. The fourth-order valence-corrected chi connectivity index (χ4v) is 2.94. The van der Waals surface area contributed by atoms with E-state index < -0.39 is 5.97 Å². The molecule has 1 unspecified atom stereocenters.